The summed E-state index contributed by atoms with van der Waals surface area (Å²) >= 11 is 0. The third kappa shape index (κ3) is 2.96. The molecule has 0 aromatic carbocycles. The van der Waals surface area contributed by atoms with E-state index in [1.165, 1.54) is 24.8 Å². The fraction of sp³-hybridized carbons (Fsp3) is 0.821. The molecule has 4 heteroatoms. The van der Waals surface area contributed by atoms with Crippen molar-refractivity contribution in [2.45, 2.75) is 92.4 Å². The van der Waals surface area contributed by atoms with E-state index in [4.69, 9.17) is 0 Å². The monoisotopic (exact) mass is 440 g/mol. The van der Waals surface area contributed by atoms with Crippen molar-refractivity contribution in [2.24, 2.45) is 51.2 Å². The summed E-state index contributed by atoms with van der Waals surface area (Å²) in [6.07, 6.45) is 10.5. The Labute approximate surface area is 192 Å². The molecule has 176 valence electrons. The minimum atomic E-state index is -1.000. The molecule has 5 rings (SSSR count). The Hall–Kier alpha value is -1.45. The average molecular weight is 441 g/mol. The van der Waals surface area contributed by atoms with Gasteiger partial charge in [0.2, 0.25) is 0 Å². The second kappa shape index (κ2) is 6.79. The van der Waals surface area contributed by atoms with Gasteiger partial charge in [-0.05, 0) is 96.9 Å². The van der Waals surface area contributed by atoms with Crippen LogP contribution >= 0.6 is 0 Å². The van der Waals surface area contributed by atoms with E-state index in [0.29, 0.717) is 35.9 Å². The van der Waals surface area contributed by atoms with Crippen LogP contribution in [0.3, 0.4) is 0 Å². The van der Waals surface area contributed by atoms with Gasteiger partial charge in [0.15, 0.2) is 5.78 Å². The first-order valence-electron chi connectivity index (χ1n) is 12.8. The summed E-state index contributed by atoms with van der Waals surface area (Å²) in [5.41, 5.74) is 1.32. The summed E-state index contributed by atoms with van der Waals surface area (Å²) in [7, 11) is 0. The molecule has 0 saturated heterocycles. The summed E-state index contributed by atoms with van der Waals surface area (Å²) in [5, 5.41) is 9.71. The van der Waals surface area contributed by atoms with Crippen molar-refractivity contribution in [1.29, 1.82) is 0 Å². The first-order valence-corrected chi connectivity index (χ1v) is 12.8. The lowest BCUT2D eigenvalue weighted by Gasteiger charge is -2.64. The molecule has 5 aliphatic carbocycles. The highest BCUT2D eigenvalue weighted by molar-refractivity contribution is 5.99. The van der Waals surface area contributed by atoms with Gasteiger partial charge in [0.1, 0.15) is 11.7 Å². The van der Waals surface area contributed by atoms with Crippen molar-refractivity contribution in [1.82, 2.24) is 0 Å². The Morgan fingerprint density at radius 3 is 2.31 bits per heavy atom. The summed E-state index contributed by atoms with van der Waals surface area (Å²) in [6.45, 7) is 11.7. The van der Waals surface area contributed by atoms with Crippen molar-refractivity contribution < 1.29 is 19.5 Å². The van der Waals surface area contributed by atoms with Crippen LogP contribution < -0.4 is 0 Å². The topological polar surface area (TPSA) is 71.4 Å². The molecule has 4 saturated carbocycles. The molecule has 8 unspecified atom stereocenters. The second-order valence-corrected chi connectivity index (χ2v) is 13.6. The van der Waals surface area contributed by atoms with Gasteiger partial charge in [-0.15, -0.1) is 0 Å². The Morgan fingerprint density at radius 1 is 0.906 bits per heavy atom. The number of ketones is 2. The summed E-state index contributed by atoms with van der Waals surface area (Å²) in [4.78, 5) is 38.3. The smallest absolute Gasteiger partial charge is 0.314 e. The number of fused-ring (bicyclic) bond motifs is 7. The van der Waals surface area contributed by atoms with Gasteiger partial charge < -0.3 is 5.11 Å². The molecule has 0 aliphatic heterocycles. The molecule has 0 bridgehead atoms. The fourth-order valence-corrected chi connectivity index (χ4v) is 9.19. The number of allylic oxidation sites excluding steroid dienone is 2. The quantitative estimate of drug-likeness (QED) is 0.520. The maximum absolute atomic E-state index is 13.9. The third-order valence-corrected chi connectivity index (χ3v) is 11.3. The number of carboxylic acids is 1. The van der Waals surface area contributed by atoms with Gasteiger partial charge in [0, 0.05) is 12.3 Å². The number of hydrogen-bond donors (Lipinski definition) is 1. The van der Waals surface area contributed by atoms with Crippen LogP contribution in [0.15, 0.2) is 11.6 Å². The van der Waals surface area contributed by atoms with E-state index in [1.54, 1.807) is 0 Å². The molecule has 0 radical (unpaired) electrons. The lowest BCUT2D eigenvalue weighted by atomic mass is 9.39. The minimum absolute atomic E-state index is 0.0593. The van der Waals surface area contributed by atoms with Crippen LogP contribution in [-0.4, -0.2) is 22.6 Å². The van der Waals surface area contributed by atoms with Crippen molar-refractivity contribution in [3.63, 3.8) is 0 Å². The maximum Gasteiger partial charge on any atom is 0.314 e. The molecular weight excluding hydrogens is 400 g/mol. The van der Waals surface area contributed by atoms with Gasteiger partial charge >= 0.3 is 5.97 Å². The predicted molar refractivity (Wildman–Crippen MR) is 123 cm³/mol. The highest BCUT2D eigenvalue weighted by Crippen LogP contribution is 2.69. The zero-order chi connectivity index (χ0) is 23.3. The standard InChI is InChI=1S/C28H40O4/c1-25(2)10-11-26(3)8-7-18-23(19(26)15-25)21(30)13-22-27(18,4)9-6-16-12-20(29)17(24(31)32)14-28(16,22)5/h13,16-19,23H,6-12,14-15H2,1-5H3,(H,31,32). The van der Waals surface area contributed by atoms with Gasteiger partial charge in [-0.2, -0.15) is 0 Å². The molecule has 0 aromatic rings. The van der Waals surface area contributed by atoms with Crippen LogP contribution in [0.1, 0.15) is 92.4 Å². The number of rotatable bonds is 1. The van der Waals surface area contributed by atoms with E-state index in [0.717, 1.165) is 25.7 Å². The molecule has 4 fully saturated rings. The van der Waals surface area contributed by atoms with Gasteiger partial charge in [-0.1, -0.05) is 40.2 Å². The summed E-state index contributed by atoms with van der Waals surface area (Å²) in [6, 6.07) is 0. The molecule has 0 aromatic heterocycles. The molecule has 32 heavy (non-hydrogen) atoms. The number of carboxylic acid groups (broad SMARTS) is 1. The van der Waals surface area contributed by atoms with Crippen molar-refractivity contribution in [3.8, 4) is 0 Å². The highest BCUT2D eigenvalue weighted by Gasteiger charge is 2.63. The maximum atomic E-state index is 13.9. The van der Waals surface area contributed by atoms with Gasteiger partial charge in [0.25, 0.3) is 0 Å². The molecule has 0 amide bonds. The van der Waals surface area contributed by atoms with Crippen molar-refractivity contribution in [3.05, 3.63) is 11.6 Å². The van der Waals surface area contributed by atoms with Crippen molar-refractivity contribution in [2.75, 3.05) is 0 Å². The Kier molecular flexibility index (Phi) is 4.74. The van der Waals surface area contributed by atoms with E-state index in [2.05, 4.69) is 34.6 Å². The largest absolute Gasteiger partial charge is 0.481 e. The number of carbonyl (C=O) groups is 3. The van der Waals surface area contributed by atoms with Gasteiger partial charge in [-0.25, -0.2) is 0 Å². The van der Waals surface area contributed by atoms with Crippen LogP contribution in [0.25, 0.3) is 0 Å². The lowest BCUT2D eigenvalue weighted by molar-refractivity contribution is -0.154. The van der Waals surface area contributed by atoms with Crippen LogP contribution in [0.4, 0.5) is 0 Å². The second-order valence-electron chi connectivity index (χ2n) is 13.6. The third-order valence-electron chi connectivity index (χ3n) is 11.3. The summed E-state index contributed by atoms with van der Waals surface area (Å²) < 4.78 is 0. The molecule has 4 nitrogen and oxygen atoms in total. The average Bonchev–Trinajstić information content (AvgIpc) is 2.70. The zero-order valence-corrected chi connectivity index (χ0v) is 20.5. The Morgan fingerprint density at radius 2 is 1.62 bits per heavy atom. The van der Waals surface area contributed by atoms with Crippen LogP contribution in [0.2, 0.25) is 0 Å². The van der Waals surface area contributed by atoms with Crippen LogP contribution in [-0.2, 0) is 14.4 Å². The van der Waals surface area contributed by atoms with E-state index < -0.39 is 11.9 Å². The Balaban J connectivity index is 1.57. The summed E-state index contributed by atoms with van der Waals surface area (Å²) in [5.74, 6) is -0.706. The SMILES string of the molecule is CC1(C)CCC2(C)CCC3C(C(=O)C=C4C5(C)CC(C(=O)O)C(=O)CC5CCC43C)C2C1. The van der Waals surface area contributed by atoms with Crippen LogP contribution in [0, 0.1) is 51.2 Å². The molecule has 8 atom stereocenters. The molecule has 5 aliphatic rings. The first kappa shape index (κ1) is 22.3. The molecule has 0 heterocycles. The fourth-order valence-electron chi connectivity index (χ4n) is 9.19. The van der Waals surface area contributed by atoms with Gasteiger partial charge in [-0.3, -0.25) is 14.4 Å². The molecule has 1 N–H and O–H groups in total. The van der Waals surface area contributed by atoms with E-state index >= 15 is 0 Å². The first-order chi connectivity index (χ1) is 14.8. The van der Waals surface area contributed by atoms with E-state index in [-0.39, 0.29) is 33.9 Å². The van der Waals surface area contributed by atoms with Crippen LogP contribution in [0.5, 0.6) is 0 Å². The lowest BCUT2D eigenvalue weighted by Crippen LogP contribution is -2.59. The Bertz CT molecular complexity index is 914. The number of hydrogen-bond acceptors (Lipinski definition) is 3. The highest BCUT2D eigenvalue weighted by atomic mass is 16.4. The van der Waals surface area contributed by atoms with Crippen molar-refractivity contribution >= 4 is 17.5 Å². The molecule has 0 spiro atoms. The van der Waals surface area contributed by atoms with E-state index in [9.17, 15) is 19.5 Å². The van der Waals surface area contributed by atoms with Gasteiger partial charge in [0.05, 0.1) is 0 Å². The number of aliphatic carboxylic acids is 1. The zero-order valence-electron chi connectivity index (χ0n) is 20.5. The van der Waals surface area contributed by atoms with E-state index in [1.807, 2.05) is 6.08 Å². The normalized spacial score (nSPS) is 49.8. The minimum Gasteiger partial charge on any atom is -0.481 e. The number of Topliss-reactive ketones (excluding diaryl/α,β-unsaturated/α-hetero) is 1. The number of carbonyl (C=O) groups excluding carboxylic acids is 2. The molecular formula is C28H40O4. The predicted octanol–water partition coefficient (Wildman–Crippen LogP) is 5.84.